The van der Waals surface area contributed by atoms with Gasteiger partial charge in [-0.15, -0.1) is 0 Å². The zero-order valence-corrected chi connectivity index (χ0v) is 17.8. The maximum absolute atomic E-state index is 13.0. The van der Waals surface area contributed by atoms with Gasteiger partial charge in [-0.25, -0.2) is 13.2 Å². The fourth-order valence-electron chi connectivity index (χ4n) is 2.84. The lowest BCUT2D eigenvalue weighted by molar-refractivity contribution is -0.123. The Kier molecular flexibility index (Phi) is 7.82. The monoisotopic (exact) mass is 431 g/mol. The van der Waals surface area contributed by atoms with Crippen molar-refractivity contribution >= 4 is 33.5 Å². The summed E-state index contributed by atoms with van der Waals surface area (Å²) in [4.78, 5) is 25.5. The molecule has 1 atom stereocenters. The molecule has 1 amide bonds. The lowest BCUT2D eigenvalue weighted by Crippen LogP contribution is -2.51. The molecule has 2 rings (SSSR count). The van der Waals surface area contributed by atoms with Crippen LogP contribution in [0.1, 0.15) is 30.6 Å². The average Bonchev–Trinajstić information content (AvgIpc) is 2.67. The molecule has 1 aromatic rings. The molecule has 1 aliphatic rings. The molecule has 156 valence electrons. The van der Waals surface area contributed by atoms with Gasteiger partial charge in [0.25, 0.3) is 0 Å². The first kappa shape index (κ1) is 22.6. The Morgan fingerprint density at radius 1 is 1.25 bits per heavy atom. The van der Waals surface area contributed by atoms with E-state index in [9.17, 15) is 18.0 Å². The van der Waals surface area contributed by atoms with Gasteiger partial charge in [0.15, 0.2) is 0 Å². The maximum atomic E-state index is 13.0. The van der Waals surface area contributed by atoms with Gasteiger partial charge in [-0.2, -0.15) is 4.31 Å². The Labute approximate surface area is 170 Å². The molecule has 28 heavy (non-hydrogen) atoms. The summed E-state index contributed by atoms with van der Waals surface area (Å²) in [7, 11) is -2.64. The van der Waals surface area contributed by atoms with Crippen molar-refractivity contribution in [3.8, 4) is 0 Å². The van der Waals surface area contributed by atoms with E-state index in [1.54, 1.807) is 0 Å². The van der Waals surface area contributed by atoms with Crippen molar-refractivity contribution in [2.24, 2.45) is 0 Å². The Bertz CT molecular complexity index is 823. The molecule has 0 radical (unpaired) electrons. The first-order valence-electron chi connectivity index (χ1n) is 9.08. The van der Waals surface area contributed by atoms with E-state index in [-0.39, 0.29) is 47.1 Å². The van der Waals surface area contributed by atoms with Crippen molar-refractivity contribution in [2.45, 2.75) is 31.2 Å². The van der Waals surface area contributed by atoms with Crippen LogP contribution in [0.25, 0.3) is 0 Å². The van der Waals surface area contributed by atoms with E-state index in [0.717, 1.165) is 6.42 Å². The van der Waals surface area contributed by atoms with Crippen molar-refractivity contribution in [2.75, 3.05) is 39.8 Å². The minimum Gasteiger partial charge on any atom is -0.465 e. The number of hydrogen-bond acceptors (Lipinski definition) is 6. The Hall–Kier alpha value is -1.68. The van der Waals surface area contributed by atoms with E-state index in [0.29, 0.717) is 13.1 Å². The maximum Gasteiger partial charge on any atom is 0.337 e. The van der Waals surface area contributed by atoms with Gasteiger partial charge < -0.3 is 10.1 Å². The molecule has 0 saturated carbocycles. The van der Waals surface area contributed by atoms with Crippen molar-refractivity contribution in [1.29, 1.82) is 0 Å². The Morgan fingerprint density at radius 2 is 1.89 bits per heavy atom. The van der Waals surface area contributed by atoms with Gasteiger partial charge in [0.05, 0.1) is 24.2 Å². The molecule has 0 spiro atoms. The zero-order valence-electron chi connectivity index (χ0n) is 16.3. The number of benzene rings is 1. The summed E-state index contributed by atoms with van der Waals surface area (Å²) in [6.07, 6.45) is 0.850. The van der Waals surface area contributed by atoms with E-state index in [4.69, 9.17) is 11.6 Å². The second-order valence-corrected chi connectivity index (χ2v) is 9.01. The van der Waals surface area contributed by atoms with Crippen molar-refractivity contribution in [3.63, 3.8) is 0 Å². The van der Waals surface area contributed by atoms with Gasteiger partial charge in [0, 0.05) is 32.2 Å². The highest BCUT2D eigenvalue weighted by Gasteiger charge is 2.31. The summed E-state index contributed by atoms with van der Waals surface area (Å²) in [5, 5.41) is 2.94. The number of carbonyl (C=O) groups is 2. The van der Waals surface area contributed by atoms with Crippen LogP contribution in [0.2, 0.25) is 5.02 Å². The Morgan fingerprint density at radius 3 is 2.46 bits per heavy atom. The lowest BCUT2D eigenvalue weighted by Gasteiger charge is -2.33. The molecule has 0 bridgehead atoms. The average molecular weight is 432 g/mol. The summed E-state index contributed by atoms with van der Waals surface area (Å²) in [5.41, 5.74) is 0.117. The number of rotatable bonds is 7. The second kappa shape index (κ2) is 9.69. The van der Waals surface area contributed by atoms with Crippen LogP contribution in [0.3, 0.4) is 0 Å². The summed E-state index contributed by atoms with van der Waals surface area (Å²) in [5.74, 6) is -0.704. The number of piperazine rings is 1. The third kappa shape index (κ3) is 5.44. The molecule has 1 N–H and O–H groups in total. The standard InChI is InChI=1S/C18H26ClN3O5S/c1-4-13(2)20-17(23)12-21-7-9-22(10-8-21)28(25,26)16-11-14(18(24)27-3)5-6-15(16)19/h5-6,11,13H,4,7-10,12H2,1-3H3,(H,20,23). The highest BCUT2D eigenvalue weighted by Crippen LogP contribution is 2.27. The van der Waals surface area contributed by atoms with E-state index in [1.807, 2.05) is 18.7 Å². The van der Waals surface area contributed by atoms with Crippen LogP contribution < -0.4 is 5.32 Å². The predicted molar refractivity (Wildman–Crippen MR) is 106 cm³/mol. The fraction of sp³-hybridized carbons (Fsp3) is 0.556. The quantitative estimate of drug-likeness (QED) is 0.654. The number of amides is 1. The number of ether oxygens (including phenoxy) is 1. The normalized spacial score (nSPS) is 17.1. The van der Waals surface area contributed by atoms with Crippen molar-refractivity contribution < 1.29 is 22.7 Å². The van der Waals surface area contributed by atoms with E-state index in [2.05, 4.69) is 10.1 Å². The SMILES string of the molecule is CCC(C)NC(=O)CN1CCN(S(=O)(=O)c2cc(C(=O)OC)ccc2Cl)CC1. The van der Waals surface area contributed by atoms with Crippen LogP contribution >= 0.6 is 11.6 Å². The summed E-state index contributed by atoms with van der Waals surface area (Å²) >= 11 is 6.09. The van der Waals surface area contributed by atoms with Crippen molar-refractivity contribution in [3.05, 3.63) is 28.8 Å². The van der Waals surface area contributed by atoms with Gasteiger partial charge in [-0.05, 0) is 31.5 Å². The number of halogens is 1. The third-order valence-corrected chi connectivity index (χ3v) is 7.07. The molecule has 1 unspecified atom stereocenters. The summed E-state index contributed by atoms with van der Waals surface area (Å²) in [6, 6.07) is 4.13. The number of hydrogen-bond donors (Lipinski definition) is 1. The molecule has 1 saturated heterocycles. The van der Waals surface area contributed by atoms with E-state index in [1.165, 1.54) is 29.6 Å². The summed E-state index contributed by atoms with van der Waals surface area (Å²) in [6.45, 7) is 5.50. The topological polar surface area (TPSA) is 96.0 Å². The number of methoxy groups -OCH3 is 1. The van der Waals surface area contributed by atoms with Crippen LogP contribution in [0.15, 0.2) is 23.1 Å². The minimum absolute atomic E-state index is 0.0445. The van der Waals surface area contributed by atoms with Gasteiger partial charge >= 0.3 is 5.97 Å². The molecule has 8 nitrogen and oxygen atoms in total. The fourth-order valence-corrected chi connectivity index (χ4v) is 4.76. The molecular formula is C18H26ClN3O5S. The van der Waals surface area contributed by atoms with Crippen molar-refractivity contribution in [1.82, 2.24) is 14.5 Å². The largest absolute Gasteiger partial charge is 0.465 e. The van der Waals surface area contributed by atoms with E-state index < -0.39 is 16.0 Å². The minimum atomic E-state index is -3.87. The highest BCUT2D eigenvalue weighted by molar-refractivity contribution is 7.89. The van der Waals surface area contributed by atoms with Gasteiger partial charge in [-0.1, -0.05) is 18.5 Å². The smallest absolute Gasteiger partial charge is 0.337 e. The molecule has 1 aliphatic heterocycles. The van der Waals surface area contributed by atoms with Gasteiger partial charge in [0.2, 0.25) is 15.9 Å². The van der Waals surface area contributed by atoms with Crippen LogP contribution in [0, 0.1) is 0 Å². The number of nitrogens with zero attached hydrogens (tertiary/aromatic N) is 2. The first-order chi connectivity index (χ1) is 13.2. The second-order valence-electron chi connectivity index (χ2n) is 6.69. The molecule has 0 aromatic heterocycles. The Balaban J connectivity index is 2.05. The number of carbonyl (C=O) groups excluding carboxylic acids is 2. The molecule has 0 aliphatic carbocycles. The van der Waals surface area contributed by atoms with Crippen LogP contribution in [0.5, 0.6) is 0 Å². The third-order valence-electron chi connectivity index (χ3n) is 4.69. The number of esters is 1. The van der Waals surface area contributed by atoms with E-state index >= 15 is 0 Å². The van der Waals surface area contributed by atoms with Crippen LogP contribution in [0.4, 0.5) is 0 Å². The molecule has 1 fully saturated rings. The molecule has 10 heteroatoms. The summed E-state index contributed by atoms with van der Waals surface area (Å²) < 4.78 is 31.9. The van der Waals surface area contributed by atoms with Crippen LogP contribution in [-0.2, 0) is 19.6 Å². The van der Waals surface area contributed by atoms with Crippen LogP contribution in [-0.4, -0.2) is 75.4 Å². The molecular weight excluding hydrogens is 406 g/mol. The zero-order chi connectivity index (χ0) is 20.9. The van der Waals surface area contributed by atoms with Gasteiger partial charge in [0.1, 0.15) is 4.90 Å². The number of nitrogens with one attached hydrogen (secondary N) is 1. The predicted octanol–water partition coefficient (Wildman–Crippen LogP) is 1.35. The lowest BCUT2D eigenvalue weighted by atomic mass is 10.2. The highest BCUT2D eigenvalue weighted by atomic mass is 35.5. The molecule has 1 heterocycles. The molecule has 1 aromatic carbocycles. The van der Waals surface area contributed by atoms with Gasteiger partial charge in [-0.3, -0.25) is 9.69 Å². The number of sulfonamides is 1. The first-order valence-corrected chi connectivity index (χ1v) is 10.9.